The Morgan fingerprint density at radius 1 is 1.27 bits per heavy atom. The van der Waals surface area contributed by atoms with E-state index in [9.17, 15) is 13.2 Å². The largest absolute Gasteiger partial charge is 0.464 e. The van der Waals surface area contributed by atoms with Crippen molar-refractivity contribution in [3.63, 3.8) is 0 Å². The lowest BCUT2D eigenvalue weighted by Gasteiger charge is -2.20. The van der Waals surface area contributed by atoms with Gasteiger partial charge in [0, 0.05) is 13.1 Å². The Morgan fingerprint density at radius 2 is 2.04 bits per heavy atom. The van der Waals surface area contributed by atoms with Crippen molar-refractivity contribution in [1.29, 1.82) is 0 Å². The van der Waals surface area contributed by atoms with Gasteiger partial charge in [0.05, 0.1) is 17.5 Å². The van der Waals surface area contributed by atoms with Crippen LogP contribution in [0, 0.1) is 6.92 Å². The van der Waals surface area contributed by atoms with Gasteiger partial charge in [-0.25, -0.2) is 13.2 Å². The second-order valence-electron chi connectivity index (χ2n) is 6.34. The molecule has 0 saturated carbocycles. The molecule has 2 aromatic rings. The number of sulfonamides is 1. The predicted molar refractivity (Wildman–Crippen MR) is 99.7 cm³/mol. The molecule has 0 saturated heterocycles. The Morgan fingerprint density at radius 3 is 2.77 bits per heavy atom. The first-order valence-electron chi connectivity index (χ1n) is 8.56. The fraction of sp³-hybridized carbons (Fsp3) is 0.389. The number of urea groups is 1. The maximum atomic E-state index is 12.6. The first-order chi connectivity index (χ1) is 12.4. The van der Waals surface area contributed by atoms with Crippen LogP contribution >= 0.6 is 0 Å². The molecule has 3 rings (SSSR count). The number of hydrogen-bond acceptors (Lipinski definition) is 4. The summed E-state index contributed by atoms with van der Waals surface area (Å²) in [6.07, 6.45) is 0.712. The van der Waals surface area contributed by atoms with Crippen molar-refractivity contribution in [3.8, 4) is 0 Å². The van der Waals surface area contributed by atoms with Crippen molar-refractivity contribution < 1.29 is 17.6 Å². The number of carbonyl (C=O) groups excluding carboxylic acids is 1. The van der Waals surface area contributed by atoms with Crippen LogP contribution < -0.4 is 14.9 Å². The van der Waals surface area contributed by atoms with Gasteiger partial charge in [-0.2, -0.15) is 0 Å². The van der Waals surface area contributed by atoms with Crippen molar-refractivity contribution in [1.82, 2.24) is 10.6 Å². The molecular formula is C18H23N3O4S. The minimum atomic E-state index is -3.47. The van der Waals surface area contributed by atoms with Crippen LogP contribution in [0.25, 0.3) is 0 Å². The van der Waals surface area contributed by atoms with Gasteiger partial charge in [0.25, 0.3) is 0 Å². The van der Waals surface area contributed by atoms with Crippen molar-refractivity contribution in [2.24, 2.45) is 0 Å². The summed E-state index contributed by atoms with van der Waals surface area (Å²) < 4.78 is 32.0. The second kappa shape index (κ2) is 7.41. The van der Waals surface area contributed by atoms with Gasteiger partial charge in [-0.05, 0) is 44.0 Å². The van der Waals surface area contributed by atoms with Crippen LogP contribution in [0.4, 0.5) is 10.5 Å². The lowest BCUT2D eigenvalue weighted by atomic mass is 10.2. The van der Waals surface area contributed by atoms with E-state index in [1.807, 2.05) is 37.3 Å². The van der Waals surface area contributed by atoms with Crippen molar-refractivity contribution >= 4 is 21.7 Å². The number of furan rings is 1. The van der Waals surface area contributed by atoms with Crippen molar-refractivity contribution in [2.45, 2.75) is 26.3 Å². The molecule has 2 N–H and O–H groups in total. The molecule has 1 aromatic carbocycles. The Balaban J connectivity index is 1.50. The van der Waals surface area contributed by atoms with Crippen LogP contribution in [0.5, 0.6) is 0 Å². The molecule has 0 radical (unpaired) electrons. The Kier molecular flexibility index (Phi) is 5.22. The number of amides is 2. The van der Waals surface area contributed by atoms with Gasteiger partial charge < -0.3 is 15.1 Å². The number of fused-ring (bicyclic) bond motifs is 1. The number of rotatable bonds is 6. The highest BCUT2D eigenvalue weighted by Gasteiger charge is 2.28. The predicted octanol–water partition coefficient (Wildman–Crippen LogP) is 2.34. The van der Waals surface area contributed by atoms with Crippen LogP contribution in [-0.4, -0.2) is 33.3 Å². The highest BCUT2D eigenvalue weighted by molar-refractivity contribution is 7.92. The molecule has 1 unspecified atom stereocenters. The van der Waals surface area contributed by atoms with Gasteiger partial charge in [0.2, 0.25) is 10.0 Å². The normalized spacial score (nSPS) is 14.8. The standard InChI is InChI=1S/C18H23N3O4S/c1-13-7-8-17(25-13)14(2)20-18(22)19-10-12-26(23,24)21-11-9-15-5-3-4-6-16(15)21/h3-8,14H,9-12H2,1-2H3,(H2,19,20,22). The van der Waals surface area contributed by atoms with Crippen molar-refractivity contribution in [3.05, 3.63) is 53.5 Å². The molecule has 2 amide bonds. The maximum Gasteiger partial charge on any atom is 0.315 e. The SMILES string of the molecule is Cc1ccc(C(C)NC(=O)NCCS(=O)(=O)N2CCc3ccccc32)o1. The molecule has 0 bridgehead atoms. The summed E-state index contributed by atoms with van der Waals surface area (Å²) in [6.45, 7) is 4.12. The molecular weight excluding hydrogens is 354 g/mol. The third-order valence-electron chi connectivity index (χ3n) is 4.36. The van der Waals surface area contributed by atoms with Gasteiger partial charge in [-0.15, -0.1) is 0 Å². The van der Waals surface area contributed by atoms with Crippen LogP contribution in [0.1, 0.15) is 30.0 Å². The first kappa shape index (κ1) is 18.3. The smallest absolute Gasteiger partial charge is 0.315 e. The molecule has 0 spiro atoms. The third-order valence-corrected chi connectivity index (χ3v) is 6.13. The third kappa shape index (κ3) is 4.01. The second-order valence-corrected chi connectivity index (χ2v) is 8.35. The minimum Gasteiger partial charge on any atom is -0.464 e. The summed E-state index contributed by atoms with van der Waals surface area (Å²) in [5.74, 6) is 1.27. The minimum absolute atomic E-state index is 0.0384. The molecule has 1 atom stereocenters. The van der Waals surface area contributed by atoms with Crippen LogP contribution in [0.3, 0.4) is 0 Å². The molecule has 0 aliphatic carbocycles. The van der Waals surface area contributed by atoms with E-state index >= 15 is 0 Å². The number of para-hydroxylation sites is 1. The highest BCUT2D eigenvalue weighted by atomic mass is 32.2. The maximum absolute atomic E-state index is 12.6. The fourth-order valence-electron chi connectivity index (χ4n) is 3.01. The molecule has 0 fully saturated rings. The number of carbonyl (C=O) groups is 1. The van der Waals surface area contributed by atoms with E-state index in [-0.39, 0.29) is 18.3 Å². The zero-order valence-electron chi connectivity index (χ0n) is 14.9. The van der Waals surface area contributed by atoms with Crippen molar-refractivity contribution in [2.75, 3.05) is 23.1 Å². The molecule has 26 heavy (non-hydrogen) atoms. The summed E-state index contributed by atoms with van der Waals surface area (Å²) in [5, 5.41) is 5.32. The average Bonchev–Trinajstić information content (AvgIpc) is 3.21. The summed E-state index contributed by atoms with van der Waals surface area (Å²) >= 11 is 0. The lowest BCUT2D eigenvalue weighted by molar-refractivity contribution is 0.236. The van der Waals surface area contributed by atoms with Crippen LogP contribution in [-0.2, 0) is 16.4 Å². The Bertz CT molecular complexity index is 891. The fourth-order valence-corrected chi connectivity index (χ4v) is 4.43. The zero-order valence-corrected chi connectivity index (χ0v) is 15.7. The Labute approximate surface area is 153 Å². The van der Waals surface area contributed by atoms with Gasteiger partial charge >= 0.3 is 6.03 Å². The lowest BCUT2D eigenvalue weighted by Crippen LogP contribution is -2.41. The average molecular weight is 377 g/mol. The van der Waals surface area contributed by atoms with E-state index in [0.717, 1.165) is 17.0 Å². The Hall–Kier alpha value is -2.48. The molecule has 1 aliphatic rings. The van der Waals surface area contributed by atoms with Gasteiger partial charge in [-0.1, -0.05) is 18.2 Å². The van der Waals surface area contributed by atoms with Crippen LogP contribution in [0.2, 0.25) is 0 Å². The highest BCUT2D eigenvalue weighted by Crippen LogP contribution is 2.29. The van der Waals surface area contributed by atoms with E-state index in [2.05, 4.69) is 10.6 Å². The summed E-state index contributed by atoms with van der Waals surface area (Å²) in [6, 6.07) is 10.4. The zero-order chi connectivity index (χ0) is 18.7. The number of anilines is 1. The molecule has 7 nitrogen and oxygen atoms in total. The molecule has 2 heterocycles. The summed E-state index contributed by atoms with van der Waals surface area (Å²) in [7, 11) is -3.47. The number of nitrogens with zero attached hydrogens (tertiary/aromatic N) is 1. The van der Waals surface area contributed by atoms with E-state index in [1.54, 1.807) is 13.0 Å². The van der Waals surface area contributed by atoms with Gasteiger partial charge in [0.15, 0.2) is 0 Å². The van der Waals surface area contributed by atoms with E-state index in [4.69, 9.17) is 4.42 Å². The quantitative estimate of drug-likeness (QED) is 0.808. The summed E-state index contributed by atoms with van der Waals surface area (Å²) in [5.41, 5.74) is 1.77. The number of hydrogen-bond donors (Lipinski definition) is 2. The monoisotopic (exact) mass is 377 g/mol. The van der Waals surface area contributed by atoms with Crippen LogP contribution in [0.15, 0.2) is 40.8 Å². The first-order valence-corrected chi connectivity index (χ1v) is 10.2. The summed E-state index contributed by atoms with van der Waals surface area (Å²) in [4.78, 5) is 12.0. The molecule has 1 aliphatic heterocycles. The van der Waals surface area contributed by atoms with E-state index < -0.39 is 16.1 Å². The van der Waals surface area contributed by atoms with E-state index in [1.165, 1.54) is 4.31 Å². The van der Waals surface area contributed by atoms with Gasteiger partial charge in [0.1, 0.15) is 11.5 Å². The molecule has 1 aromatic heterocycles. The molecule has 8 heteroatoms. The van der Waals surface area contributed by atoms with Gasteiger partial charge in [-0.3, -0.25) is 4.31 Å². The molecule has 140 valence electrons. The number of nitrogens with one attached hydrogen (secondary N) is 2. The topological polar surface area (TPSA) is 91.7 Å². The number of aryl methyl sites for hydroxylation is 1. The number of benzene rings is 1. The van der Waals surface area contributed by atoms with E-state index in [0.29, 0.717) is 18.7 Å².